The van der Waals surface area contributed by atoms with E-state index in [-0.39, 0.29) is 0 Å². The lowest BCUT2D eigenvalue weighted by molar-refractivity contribution is -0.144. The molecule has 0 aliphatic carbocycles. The van der Waals surface area contributed by atoms with Crippen molar-refractivity contribution < 1.29 is 9.13 Å². The van der Waals surface area contributed by atoms with Gasteiger partial charge in [0, 0.05) is 6.54 Å². The number of unbranched alkanes of at least 4 members (excludes halogenated alkanes) is 18. The number of nitrogens with one attached hydrogen (secondary N) is 1. The number of hydrogen-bond acceptors (Lipinski definition) is 2. The molecule has 0 aromatic carbocycles. The molecule has 1 fully saturated rings. The molecule has 1 aliphatic heterocycles. The second kappa shape index (κ2) is 20.5. The third kappa shape index (κ3) is 14.6. The van der Waals surface area contributed by atoms with Gasteiger partial charge in [-0.25, -0.2) is 4.39 Å². The standard InChI is InChI=1S/C28H56FNO/c1-3-5-7-9-11-13-15-17-19-21-23-28(27(29)30-25-26-31-28)24-22-20-18-16-14-12-10-8-6-4-2/h27,30H,3-26H2,1-2H3. The molecule has 1 heterocycles. The molecule has 0 amide bonds. The highest BCUT2D eigenvalue weighted by molar-refractivity contribution is 4.90. The highest BCUT2D eigenvalue weighted by atomic mass is 19.1. The van der Waals surface area contributed by atoms with Crippen molar-refractivity contribution in [3.05, 3.63) is 0 Å². The summed E-state index contributed by atoms with van der Waals surface area (Å²) in [6, 6.07) is 0. The van der Waals surface area contributed by atoms with E-state index < -0.39 is 11.9 Å². The summed E-state index contributed by atoms with van der Waals surface area (Å²) in [5, 5.41) is 3.05. The molecule has 0 bridgehead atoms. The van der Waals surface area contributed by atoms with Crippen LogP contribution in [0.5, 0.6) is 0 Å². The first-order valence-electron chi connectivity index (χ1n) is 14.3. The summed E-state index contributed by atoms with van der Waals surface area (Å²) >= 11 is 0. The number of alkyl halides is 1. The zero-order chi connectivity index (χ0) is 22.5. The van der Waals surface area contributed by atoms with Crippen molar-refractivity contribution >= 4 is 0 Å². The number of morpholine rings is 1. The van der Waals surface area contributed by atoms with Crippen LogP contribution in [0.4, 0.5) is 4.39 Å². The minimum absolute atomic E-state index is 0.557. The Balaban J connectivity index is 2.11. The molecule has 1 unspecified atom stereocenters. The molecule has 1 atom stereocenters. The van der Waals surface area contributed by atoms with Crippen LogP contribution in [-0.2, 0) is 4.74 Å². The summed E-state index contributed by atoms with van der Waals surface area (Å²) in [7, 11) is 0. The van der Waals surface area contributed by atoms with Crippen molar-refractivity contribution in [3.8, 4) is 0 Å². The summed E-state index contributed by atoms with van der Waals surface area (Å²) in [5.74, 6) is 0. The van der Waals surface area contributed by atoms with Crippen LogP contribution in [0.15, 0.2) is 0 Å². The van der Waals surface area contributed by atoms with Crippen LogP contribution in [-0.4, -0.2) is 25.0 Å². The van der Waals surface area contributed by atoms with Crippen LogP contribution in [0.25, 0.3) is 0 Å². The van der Waals surface area contributed by atoms with Gasteiger partial charge in [0.25, 0.3) is 0 Å². The van der Waals surface area contributed by atoms with Gasteiger partial charge in [0.2, 0.25) is 0 Å². The van der Waals surface area contributed by atoms with Gasteiger partial charge in [-0.15, -0.1) is 0 Å². The van der Waals surface area contributed by atoms with Crippen LogP contribution in [0.2, 0.25) is 0 Å². The predicted octanol–water partition coefficient (Wildman–Crippen LogP) is 9.26. The van der Waals surface area contributed by atoms with Gasteiger partial charge in [-0.2, -0.15) is 0 Å². The molecule has 0 spiro atoms. The molecule has 3 heteroatoms. The van der Waals surface area contributed by atoms with Crippen molar-refractivity contribution in [1.29, 1.82) is 0 Å². The molecule has 0 aromatic rings. The average Bonchev–Trinajstić information content (AvgIpc) is 2.78. The maximum atomic E-state index is 14.8. The second-order valence-electron chi connectivity index (χ2n) is 10.1. The quantitative estimate of drug-likeness (QED) is 0.133. The first kappa shape index (κ1) is 28.9. The SMILES string of the molecule is CCCCCCCCCCCCC1(CCCCCCCCCCCC)OCCNC1F. The summed E-state index contributed by atoms with van der Waals surface area (Å²) in [5.41, 5.74) is -0.557. The Hall–Kier alpha value is -0.150. The Labute approximate surface area is 194 Å². The van der Waals surface area contributed by atoms with Gasteiger partial charge in [-0.1, -0.05) is 142 Å². The largest absolute Gasteiger partial charge is 0.369 e. The molecule has 31 heavy (non-hydrogen) atoms. The summed E-state index contributed by atoms with van der Waals surface area (Å²) in [6.45, 7) is 5.86. The zero-order valence-electron chi connectivity index (χ0n) is 21.3. The minimum atomic E-state index is -0.988. The van der Waals surface area contributed by atoms with E-state index in [1.165, 1.54) is 116 Å². The number of ether oxygens (including phenoxy) is 1. The fraction of sp³-hybridized carbons (Fsp3) is 1.00. The van der Waals surface area contributed by atoms with Gasteiger partial charge in [-0.3, -0.25) is 5.32 Å². The van der Waals surface area contributed by atoms with Crippen molar-refractivity contribution in [2.45, 2.75) is 167 Å². The third-order valence-electron chi connectivity index (χ3n) is 7.18. The lowest BCUT2D eigenvalue weighted by Crippen LogP contribution is -2.55. The van der Waals surface area contributed by atoms with Gasteiger partial charge >= 0.3 is 0 Å². The number of hydrogen-bond donors (Lipinski definition) is 1. The van der Waals surface area contributed by atoms with Gasteiger partial charge < -0.3 is 4.74 Å². The van der Waals surface area contributed by atoms with Crippen LogP contribution < -0.4 is 5.32 Å². The first-order valence-corrected chi connectivity index (χ1v) is 14.3. The smallest absolute Gasteiger partial charge is 0.180 e. The third-order valence-corrected chi connectivity index (χ3v) is 7.18. The van der Waals surface area contributed by atoms with E-state index >= 15 is 0 Å². The predicted molar refractivity (Wildman–Crippen MR) is 135 cm³/mol. The fourth-order valence-electron chi connectivity index (χ4n) is 5.05. The Morgan fingerprint density at radius 3 is 1.32 bits per heavy atom. The normalized spacial score (nSPS) is 18.5. The Morgan fingerprint density at radius 1 is 0.613 bits per heavy atom. The maximum Gasteiger partial charge on any atom is 0.180 e. The average molecular weight is 442 g/mol. The molecule has 0 saturated carbocycles. The van der Waals surface area contributed by atoms with Crippen LogP contribution in [0.1, 0.15) is 155 Å². The van der Waals surface area contributed by atoms with Crippen molar-refractivity contribution in [2.75, 3.05) is 13.2 Å². The minimum Gasteiger partial charge on any atom is -0.369 e. The molecular formula is C28H56FNO. The van der Waals surface area contributed by atoms with E-state index in [1.807, 2.05) is 0 Å². The molecule has 2 nitrogen and oxygen atoms in total. The monoisotopic (exact) mass is 441 g/mol. The van der Waals surface area contributed by atoms with E-state index in [0.29, 0.717) is 13.2 Å². The molecular weight excluding hydrogens is 385 g/mol. The lowest BCUT2D eigenvalue weighted by Gasteiger charge is -2.41. The van der Waals surface area contributed by atoms with Crippen LogP contribution in [0.3, 0.4) is 0 Å². The van der Waals surface area contributed by atoms with Crippen LogP contribution in [0, 0.1) is 0 Å². The van der Waals surface area contributed by atoms with Crippen LogP contribution >= 0.6 is 0 Å². The summed E-state index contributed by atoms with van der Waals surface area (Å²) in [6.07, 6.45) is 27.3. The summed E-state index contributed by atoms with van der Waals surface area (Å²) in [4.78, 5) is 0. The number of rotatable bonds is 22. The molecule has 186 valence electrons. The van der Waals surface area contributed by atoms with Gasteiger partial charge in [-0.05, 0) is 12.8 Å². The summed E-state index contributed by atoms with van der Waals surface area (Å²) < 4.78 is 20.9. The van der Waals surface area contributed by atoms with E-state index in [9.17, 15) is 4.39 Å². The topological polar surface area (TPSA) is 21.3 Å². The Kier molecular flexibility index (Phi) is 19.1. The molecule has 1 saturated heterocycles. The first-order chi connectivity index (χ1) is 15.2. The molecule has 0 aromatic heterocycles. The Bertz CT molecular complexity index is 352. The van der Waals surface area contributed by atoms with Crippen molar-refractivity contribution in [1.82, 2.24) is 5.32 Å². The van der Waals surface area contributed by atoms with E-state index in [0.717, 1.165) is 25.7 Å². The molecule has 1 N–H and O–H groups in total. The van der Waals surface area contributed by atoms with E-state index in [1.54, 1.807) is 0 Å². The van der Waals surface area contributed by atoms with Gasteiger partial charge in [0.1, 0.15) is 5.60 Å². The van der Waals surface area contributed by atoms with Crippen molar-refractivity contribution in [2.24, 2.45) is 0 Å². The number of halogens is 1. The fourth-order valence-corrected chi connectivity index (χ4v) is 5.05. The molecule has 0 radical (unpaired) electrons. The van der Waals surface area contributed by atoms with E-state index in [4.69, 9.17) is 4.74 Å². The van der Waals surface area contributed by atoms with E-state index in [2.05, 4.69) is 19.2 Å². The highest BCUT2D eigenvalue weighted by Crippen LogP contribution is 2.33. The van der Waals surface area contributed by atoms with Gasteiger partial charge in [0.15, 0.2) is 6.30 Å². The highest BCUT2D eigenvalue weighted by Gasteiger charge is 2.41. The maximum absolute atomic E-state index is 14.8. The molecule has 1 aliphatic rings. The second-order valence-corrected chi connectivity index (χ2v) is 10.1. The lowest BCUT2D eigenvalue weighted by atomic mass is 9.87. The Morgan fingerprint density at radius 2 is 0.968 bits per heavy atom. The zero-order valence-corrected chi connectivity index (χ0v) is 21.3. The van der Waals surface area contributed by atoms with Gasteiger partial charge in [0.05, 0.1) is 6.61 Å². The molecule has 1 rings (SSSR count). The van der Waals surface area contributed by atoms with Crippen molar-refractivity contribution in [3.63, 3.8) is 0 Å².